The van der Waals surface area contributed by atoms with E-state index in [1.54, 1.807) is 0 Å². The van der Waals surface area contributed by atoms with Crippen LogP contribution in [0, 0.1) is 0 Å². The highest BCUT2D eigenvalue weighted by Crippen LogP contribution is 2.38. The van der Waals surface area contributed by atoms with Crippen molar-refractivity contribution in [2.75, 3.05) is 12.5 Å². The normalized spacial score (nSPS) is 13.0. The van der Waals surface area contributed by atoms with E-state index in [0.29, 0.717) is 32.3 Å². The van der Waals surface area contributed by atoms with Crippen LogP contribution in [0.3, 0.4) is 0 Å². The molecule has 33 heavy (non-hydrogen) atoms. The highest BCUT2D eigenvalue weighted by Gasteiger charge is 2.17. The molecule has 6 rings (SSSR count). The highest BCUT2D eigenvalue weighted by molar-refractivity contribution is 7.21. The van der Waals surface area contributed by atoms with Gasteiger partial charge in [0.2, 0.25) is 17.8 Å². The summed E-state index contributed by atoms with van der Waals surface area (Å²) in [4.78, 5) is 9.66. The van der Waals surface area contributed by atoms with Crippen molar-refractivity contribution >= 4 is 39.0 Å². The molecule has 0 aliphatic carbocycles. The summed E-state index contributed by atoms with van der Waals surface area (Å²) >= 11 is 1.18. The van der Waals surface area contributed by atoms with Gasteiger partial charge in [-0.2, -0.15) is 0 Å². The van der Waals surface area contributed by atoms with Gasteiger partial charge in [0.15, 0.2) is 11.5 Å². The lowest BCUT2D eigenvalue weighted by atomic mass is 10.1. The van der Waals surface area contributed by atoms with E-state index in [9.17, 15) is 5.11 Å². The first-order valence-electron chi connectivity index (χ1n) is 9.95. The van der Waals surface area contributed by atoms with Gasteiger partial charge in [0, 0.05) is 29.0 Å². The summed E-state index contributed by atoms with van der Waals surface area (Å²) in [5.74, 6) is 0.941. The van der Waals surface area contributed by atoms with Gasteiger partial charge in [-0.25, -0.2) is 9.98 Å². The van der Waals surface area contributed by atoms with Crippen LogP contribution in [0.25, 0.3) is 27.2 Å². The van der Waals surface area contributed by atoms with Gasteiger partial charge in [-0.3, -0.25) is 4.52 Å². The van der Waals surface area contributed by atoms with E-state index < -0.39 is 5.90 Å². The lowest BCUT2D eigenvalue weighted by Crippen LogP contribution is -2.30. The maximum absolute atomic E-state index is 12.8. The first kappa shape index (κ1) is 19.3. The molecule has 5 aromatic rings. The van der Waals surface area contributed by atoms with Crippen LogP contribution in [0.2, 0.25) is 0 Å². The van der Waals surface area contributed by atoms with E-state index in [0.717, 1.165) is 16.9 Å². The zero-order valence-electron chi connectivity index (χ0n) is 17.0. The monoisotopic (exact) mass is 457 g/mol. The van der Waals surface area contributed by atoms with E-state index in [1.165, 1.54) is 22.2 Å². The maximum Gasteiger partial charge on any atom is 0.321 e. The zero-order chi connectivity index (χ0) is 22.4. The number of pyridine rings is 1. The number of benzene rings is 2. The predicted molar refractivity (Wildman–Crippen MR) is 120 cm³/mol. The Labute approximate surface area is 190 Å². The summed E-state index contributed by atoms with van der Waals surface area (Å²) < 4.78 is 17.5. The molecule has 0 amide bonds. The fourth-order valence-electron chi connectivity index (χ4n) is 3.51. The van der Waals surface area contributed by atoms with E-state index in [2.05, 4.69) is 10.3 Å². The number of aliphatic imine (C=N–C) groups is 1. The molecule has 0 saturated carbocycles. The first-order valence-corrected chi connectivity index (χ1v) is 10.8. The second-order valence-corrected chi connectivity index (χ2v) is 8.20. The molecule has 2 N–H and O–H groups in total. The lowest BCUT2D eigenvalue weighted by molar-refractivity contribution is -0.670. The minimum absolute atomic E-state index is 0.0784. The average molecular weight is 457 g/mol. The second kappa shape index (κ2) is 7.61. The third-order valence-corrected chi connectivity index (χ3v) is 6.25. The summed E-state index contributed by atoms with van der Waals surface area (Å²) in [5, 5.41) is 17.4. The van der Waals surface area contributed by atoms with Crippen molar-refractivity contribution in [3.63, 3.8) is 0 Å². The smallest absolute Gasteiger partial charge is 0.321 e. The molecule has 2 aromatic carbocycles. The van der Waals surface area contributed by atoms with E-state index >= 15 is 0 Å². The largest absolute Gasteiger partial charge is 0.857 e. The molecular weight excluding hydrogens is 442 g/mol. The first-order chi connectivity index (χ1) is 16.2. The molecule has 10 heteroatoms. The maximum atomic E-state index is 12.8. The number of nitrogen functional groups attached to an aromatic ring is 1. The Hall–Kier alpha value is -4.44. The summed E-state index contributed by atoms with van der Waals surface area (Å²) in [5.41, 5.74) is 8.99. The molecule has 3 aromatic heterocycles. The molecule has 1 aliphatic heterocycles. The van der Waals surface area contributed by atoms with Crippen molar-refractivity contribution in [3.8, 4) is 28.4 Å². The second-order valence-electron chi connectivity index (χ2n) is 7.20. The van der Waals surface area contributed by atoms with Gasteiger partial charge >= 0.3 is 5.88 Å². The topological polar surface area (TPSA) is 123 Å². The predicted octanol–water partition coefficient (Wildman–Crippen LogP) is 2.98. The molecule has 0 bridgehead atoms. The number of hydrogen-bond acceptors (Lipinski definition) is 9. The van der Waals surface area contributed by atoms with Gasteiger partial charge < -0.3 is 20.3 Å². The van der Waals surface area contributed by atoms with Gasteiger partial charge in [0.05, 0.1) is 16.3 Å². The lowest BCUT2D eigenvalue weighted by Gasteiger charge is -2.06. The van der Waals surface area contributed by atoms with Crippen LogP contribution in [0.5, 0.6) is 11.5 Å². The number of anilines is 1. The third-order valence-electron chi connectivity index (χ3n) is 5.14. The standard InChI is InChI=1S/C23H15N5O4S/c24-20-15-7-8-16(13-6-9-17-18(10-13)31-12-30-17)25-23(15)33-21(20)22(29)26-19-11-28(27-32-19)14-4-2-1-3-5-14/h1-11H,12H2,(H2-,24,26,27,29). The van der Waals surface area contributed by atoms with Crippen molar-refractivity contribution < 1.29 is 23.8 Å². The molecule has 0 spiro atoms. The average Bonchev–Trinajstić information content (AvgIpc) is 3.58. The fraction of sp³-hybridized carbons (Fsp3) is 0.0435. The van der Waals surface area contributed by atoms with Gasteiger partial charge in [-0.1, -0.05) is 18.2 Å². The minimum atomic E-state index is -0.517. The Morgan fingerprint density at radius 2 is 1.91 bits per heavy atom. The Morgan fingerprint density at radius 1 is 1.06 bits per heavy atom. The summed E-state index contributed by atoms with van der Waals surface area (Å²) in [6.45, 7) is 0.207. The number of nitrogens with zero attached hydrogens (tertiary/aromatic N) is 4. The van der Waals surface area contributed by atoms with Crippen molar-refractivity contribution in [2.45, 2.75) is 0 Å². The summed E-state index contributed by atoms with van der Waals surface area (Å²) in [6.07, 6.45) is 1.53. The number of para-hydroxylation sites is 1. The van der Waals surface area contributed by atoms with Gasteiger partial charge in [0.1, 0.15) is 4.83 Å². The number of hydrogen-bond donors (Lipinski definition) is 1. The molecule has 0 unspecified atom stereocenters. The molecular formula is C23H15N5O4S. The molecule has 0 saturated heterocycles. The van der Waals surface area contributed by atoms with Crippen molar-refractivity contribution in [3.05, 3.63) is 71.7 Å². The fourth-order valence-corrected chi connectivity index (χ4v) is 4.49. The number of rotatable bonds is 4. The molecule has 9 nitrogen and oxygen atoms in total. The Morgan fingerprint density at radius 3 is 2.79 bits per heavy atom. The van der Waals surface area contributed by atoms with Crippen LogP contribution < -0.4 is 25.0 Å². The van der Waals surface area contributed by atoms with E-state index in [4.69, 9.17) is 24.7 Å². The number of thiophene rings is 1. The van der Waals surface area contributed by atoms with Crippen LogP contribution >= 0.6 is 11.3 Å². The van der Waals surface area contributed by atoms with Crippen molar-refractivity contribution in [2.24, 2.45) is 4.99 Å². The number of ether oxygens (including phenoxy) is 2. The van der Waals surface area contributed by atoms with Gasteiger partial charge in [0.25, 0.3) is 6.20 Å². The number of nitrogens with two attached hydrogens (primary N) is 1. The van der Waals surface area contributed by atoms with Gasteiger partial charge in [-0.05, 0) is 35.0 Å². The van der Waals surface area contributed by atoms with Crippen LogP contribution in [-0.2, 0) is 0 Å². The molecule has 0 atom stereocenters. The van der Waals surface area contributed by atoms with Crippen LogP contribution in [0.1, 0.15) is 4.88 Å². The summed E-state index contributed by atoms with van der Waals surface area (Å²) in [7, 11) is 0. The number of fused-ring (bicyclic) bond motifs is 2. The highest BCUT2D eigenvalue weighted by atomic mass is 32.1. The Bertz CT molecular complexity index is 1530. The van der Waals surface area contributed by atoms with Crippen molar-refractivity contribution in [1.29, 1.82) is 0 Å². The summed E-state index contributed by atoms with van der Waals surface area (Å²) in [6, 6.07) is 18.7. The van der Waals surface area contributed by atoms with Crippen LogP contribution in [0.4, 0.5) is 11.6 Å². The Balaban J connectivity index is 1.33. The molecule has 4 heterocycles. The van der Waals surface area contributed by atoms with Crippen LogP contribution in [0.15, 0.2) is 76.4 Å². The third kappa shape index (κ3) is 3.42. The minimum Gasteiger partial charge on any atom is -0.857 e. The molecule has 0 fully saturated rings. The quantitative estimate of drug-likeness (QED) is 0.250. The van der Waals surface area contributed by atoms with Crippen LogP contribution in [-0.4, -0.2) is 22.9 Å². The zero-order valence-corrected chi connectivity index (χ0v) is 17.8. The molecule has 162 valence electrons. The van der Waals surface area contributed by atoms with Gasteiger partial charge in [-0.15, -0.1) is 11.3 Å². The van der Waals surface area contributed by atoms with E-state index in [-0.39, 0.29) is 12.7 Å². The number of aromatic nitrogens is 3. The van der Waals surface area contributed by atoms with Crippen molar-refractivity contribution in [1.82, 2.24) is 10.3 Å². The molecule has 1 aliphatic rings. The SMILES string of the molecule is Nc1c(/C([O-])=N/c2c[n+](-c3ccccc3)no2)sc2nc(-c3ccc4c(c3)OCO4)ccc12. The van der Waals surface area contributed by atoms with E-state index in [1.807, 2.05) is 60.7 Å². The Kier molecular flexibility index (Phi) is 4.44. The molecule has 0 radical (unpaired) electrons.